The molecule has 1 rings (SSSR count). The van der Waals surface area contributed by atoms with Crippen LogP contribution in [0.15, 0.2) is 0 Å². The minimum Gasteiger partial charge on any atom is -0.382 e. The van der Waals surface area contributed by atoms with Gasteiger partial charge in [-0.15, -0.1) is 0 Å². The largest absolute Gasteiger partial charge is 0.382 e. The zero-order valence-corrected chi connectivity index (χ0v) is 13.3. The van der Waals surface area contributed by atoms with Gasteiger partial charge in [0.2, 0.25) is 0 Å². The second kappa shape index (κ2) is 9.53. The molecule has 114 valence electrons. The van der Waals surface area contributed by atoms with Crippen molar-refractivity contribution >= 4 is 11.6 Å². The zero-order chi connectivity index (χ0) is 14.8. The number of hydrogen-bond acceptors (Lipinski definition) is 5. The quantitative estimate of drug-likeness (QED) is 0.645. The molecule has 20 heavy (non-hydrogen) atoms. The average Bonchev–Trinajstić information content (AvgIpc) is 2.43. The molecule has 1 heterocycles. The van der Waals surface area contributed by atoms with Crippen LogP contribution in [0.2, 0.25) is 0 Å². The predicted molar refractivity (Wildman–Crippen MR) is 84.5 cm³/mol. The Morgan fingerprint density at radius 2 is 1.75 bits per heavy atom. The van der Waals surface area contributed by atoms with Gasteiger partial charge in [-0.2, -0.15) is 0 Å². The van der Waals surface area contributed by atoms with E-state index in [-0.39, 0.29) is 0 Å². The zero-order valence-electron chi connectivity index (χ0n) is 13.3. The van der Waals surface area contributed by atoms with Crippen molar-refractivity contribution in [3.05, 3.63) is 11.4 Å². The van der Waals surface area contributed by atoms with Crippen LogP contribution in [0.1, 0.15) is 45.0 Å². The standard InChI is InChI=1S/C15H28N4O/c1-5-9-13-18-14(16-6-2)12(4)15(19-13)17-10-8-11-20-7-3/h5-11H2,1-4H3,(H2,16,17,18,19). The van der Waals surface area contributed by atoms with E-state index in [4.69, 9.17) is 4.74 Å². The number of aromatic nitrogens is 2. The maximum absolute atomic E-state index is 5.34. The summed E-state index contributed by atoms with van der Waals surface area (Å²) in [5, 5.41) is 6.71. The van der Waals surface area contributed by atoms with Crippen LogP contribution in [-0.2, 0) is 11.2 Å². The van der Waals surface area contributed by atoms with Crippen molar-refractivity contribution in [3.63, 3.8) is 0 Å². The van der Waals surface area contributed by atoms with Gasteiger partial charge in [0, 0.05) is 38.3 Å². The van der Waals surface area contributed by atoms with Crippen LogP contribution >= 0.6 is 0 Å². The SMILES string of the molecule is CCCc1nc(NCC)c(C)c(NCCCOCC)n1. The summed E-state index contributed by atoms with van der Waals surface area (Å²) in [6, 6.07) is 0. The Bertz CT molecular complexity index is 396. The first-order chi connectivity index (χ1) is 9.72. The van der Waals surface area contributed by atoms with Gasteiger partial charge in [-0.25, -0.2) is 9.97 Å². The summed E-state index contributed by atoms with van der Waals surface area (Å²) < 4.78 is 5.34. The summed E-state index contributed by atoms with van der Waals surface area (Å²) in [4.78, 5) is 9.20. The highest BCUT2D eigenvalue weighted by Gasteiger charge is 2.09. The summed E-state index contributed by atoms with van der Waals surface area (Å²) in [6.45, 7) is 11.6. The Kier molecular flexibility index (Phi) is 7.95. The monoisotopic (exact) mass is 280 g/mol. The van der Waals surface area contributed by atoms with Gasteiger partial charge in [-0.1, -0.05) is 6.92 Å². The van der Waals surface area contributed by atoms with Crippen molar-refractivity contribution in [2.45, 2.75) is 47.0 Å². The van der Waals surface area contributed by atoms with Crippen molar-refractivity contribution in [1.29, 1.82) is 0 Å². The summed E-state index contributed by atoms with van der Waals surface area (Å²) in [6.07, 6.45) is 2.95. The van der Waals surface area contributed by atoms with Crippen molar-refractivity contribution in [3.8, 4) is 0 Å². The molecular weight excluding hydrogens is 252 g/mol. The highest BCUT2D eigenvalue weighted by atomic mass is 16.5. The molecule has 1 aromatic heterocycles. The Labute approximate surface area is 122 Å². The molecule has 1 aromatic rings. The molecule has 0 fully saturated rings. The van der Waals surface area contributed by atoms with Crippen molar-refractivity contribution in [2.75, 3.05) is 36.9 Å². The van der Waals surface area contributed by atoms with Gasteiger partial charge < -0.3 is 15.4 Å². The van der Waals surface area contributed by atoms with Gasteiger partial charge >= 0.3 is 0 Å². The number of aryl methyl sites for hydroxylation is 1. The van der Waals surface area contributed by atoms with Crippen molar-refractivity contribution in [1.82, 2.24) is 9.97 Å². The van der Waals surface area contributed by atoms with Crippen molar-refractivity contribution in [2.24, 2.45) is 0 Å². The molecule has 0 aliphatic rings. The number of nitrogens with one attached hydrogen (secondary N) is 2. The van der Waals surface area contributed by atoms with Crippen molar-refractivity contribution < 1.29 is 4.74 Å². The molecule has 0 radical (unpaired) electrons. The second-order valence-electron chi connectivity index (χ2n) is 4.72. The van der Waals surface area contributed by atoms with Gasteiger partial charge in [-0.05, 0) is 33.6 Å². The van der Waals surface area contributed by atoms with Crippen LogP contribution in [-0.4, -0.2) is 36.3 Å². The third kappa shape index (κ3) is 5.33. The summed E-state index contributed by atoms with van der Waals surface area (Å²) in [5.41, 5.74) is 1.09. The second-order valence-corrected chi connectivity index (χ2v) is 4.72. The molecular formula is C15H28N4O. The molecule has 0 amide bonds. The number of ether oxygens (including phenoxy) is 1. The van der Waals surface area contributed by atoms with Gasteiger partial charge in [0.05, 0.1) is 0 Å². The Hall–Kier alpha value is -1.36. The molecule has 0 aliphatic carbocycles. The van der Waals surface area contributed by atoms with E-state index >= 15 is 0 Å². The number of hydrogen-bond donors (Lipinski definition) is 2. The van der Waals surface area contributed by atoms with Crippen LogP contribution < -0.4 is 10.6 Å². The minimum absolute atomic E-state index is 0.776. The Balaban J connectivity index is 2.71. The molecule has 0 saturated heterocycles. The molecule has 0 atom stereocenters. The van der Waals surface area contributed by atoms with E-state index in [0.29, 0.717) is 0 Å². The van der Waals surface area contributed by atoms with Crippen LogP contribution in [0.5, 0.6) is 0 Å². The Morgan fingerprint density at radius 1 is 1.05 bits per heavy atom. The summed E-state index contributed by atoms with van der Waals surface area (Å²) in [7, 11) is 0. The molecule has 0 unspecified atom stereocenters. The normalized spacial score (nSPS) is 10.6. The third-order valence-corrected chi connectivity index (χ3v) is 2.97. The fourth-order valence-corrected chi connectivity index (χ4v) is 1.94. The van der Waals surface area contributed by atoms with E-state index in [2.05, 4.69) is 41.4 Å². The van der Waals surface area contributed by atoms with E-state index in [1.807, 2.05) is 6.92 Å². The first kappa shape index (κ1) is 16.7. The van der Waals surface area contributed by atoms with Crippen LogP contribution in [0.25, 0.3) is 0 Å². The van der Waals surface area contributed by atoms with Gasteiger partial charge in [0.25, 0.3) is 0 Å². The molecule has 0 saturated carbocycles. The predicted octanol–water partition coefficient (Wildman–Crippen LogP) is 3.01. The number of anilines is 2. The lowest BCUT2D eigenvalue weighted by atomic mass is 10.2. The maximum Gasteiger partial charge on any atom is 0.134 e. The molecule has 5 heteroatoms. The lowest BCUT2D eigenvalue weighted by Crippen LogP contribution is -2.13. The number of rotatable bonds is 10. The van der Waals surface area contributed by atoms with Crippen LogP contribution in [0.4, 0.5) is 11.6 Å². The molecule has 5 nitrogen and oxygen atoms in total. The molecule has 0 aromatic carbocycles. The lowest BCUT2D eigenvalue weighted by Gasteiger charge is -2.14. The van der Waals surface area contributed by atoms with Gasteiger partial charge in [0.15, 0.2) is 0 Å². The summed E-state index contributed by atoms with van der Waals surface area (Å²) >= 11 is 0. The Morgan fingerprint density at radius 3 is 2.35 bits per heavy atom. The fourth-order valence-electron chi connectivity index (χ4n) is 1.94. The van der Waals surface area contributed by atoms with E-state index in [1.165, 1.54) is 0 Å². The lowest BCUT2D eigenvalue weighted by molar-refractivity contribution is 0.147. The van der Waals surface area contributed by atoms with Crippen LogP contribution in [0, 0.1) is 6.92 Å². The first-order valence-corrected chi connectivity index (χ1v) is 7.65. The third-order valence-electron chi connectivity index (χ3n) is 2.97. The van der Waals surface area contributed by atoms with E-state index in [9.17, 15) is 0 Å². The van der Waals surface area contributed by atoms with E-state index in [0.717, 1.165) is 68.6 Å². The molecule has 2 N–H and O–H groups in total. The smallest absolute Gasteiger partial charge is 0.134 e. The minimum atomic E-state index is 0.776. The average molecular weight is 280 g/mol. The van der Waals surface area contributed by atoms with Gasteiger partial charge in [-0.3, -0.25) is 0 Å². The van der Waals surface area contributed by atoms with E-state index in [1.54, 1.807) is 0 Å². The first-order valence-electron chi connectivity index (χ1n) is 7.65. The van der Waals surface area contributed by atoms with Crippen LogP contribution in [0.3, 0.4) is 0 Å². The highest BCUT2D eigenvalue weighted by molar-refractivity contribution is 5.57. The van der Waals surface area contributed by atoms with E-state index < -0.39 is 0 Å². The summed E-state index contributed by atoms with van der Waals surface area (Å²) in [5.74, 6) is 2.79. The molecule has 0 spiro atoms. The molecule has 0 bridgehead atoms. The molecule has 0 aliphatic heterocycles. The van der Waals surface area contributed by atoms with Gasteiger partial charge in [0.1, 0.15) is 17.5 Å². The number of nitrogens with zero attached hydrogens (tertiary/aromatic N) is 2. The fraction of sp³-hybridized carbons (Fsp3) is 0.733. The maximum atomic E-state index is 5.34. The topological polar surface area (TPSA) is 59.1 Å². The highest BCUT2D eigenvalue weighted by Crippen LogP contribution is 2.20.